The molecule has 2 saturated heterocycles. The number of esters is 4. The fourth-order valence-electron chi connectivity index (χ4n) is 16.4. The fraction of sp³-hybridized carbons (Fsp3) is 0.936. The molecule has 0 radical (unpaired) electrons. The molecule has 0 bridgehead atoms. The Hall–Kier alpha value is -2.79. The van der Waals surface area contributed by atoms with E-state index in [0.29, 0.717) is 50.4 Å². The normalized spacial score (nSPS) is 25.3. The van der Waals surface area contributed by atoms with Gasteiger partial charge < -0.3 is 88.7 Å². The van der Waals surface area contributed by atoms with Crippen LogP contribution < -0.4 is 0 Å². The lowest BCUT2D eigenvalue weighted by molar-refractivity contribution is -0.360. The van der Waals surface area contributed by atoms with Gasteiger partial charge >= 0.3 is 31.7 Å². The van der Waals surface area contributed by atoms with Gasteiger partial charge in [-0.25, -0.2) is 4.57 Å². The fourth-order valence-corrected chi connectivity index (χ4v) is 17.4. The Morgan fingerprint density at radius 2 is 0.675 bits per heavy atom. The lowest BCUT2D eigenvalue weighted by Gasteiger charge is -2.50. The number of unbranched alkanes of at least 4 members (excludes halogenated alkanes) is 44. The molecule has 0 aromatic rings. The first-order valence-electron chi connectivity index (χ1n) is 48.7. The number of allylic oxidation sites excluding steroid dienone is 2. The number of ether oxygens (including phenoxy) is 8. The number of aliphatic hydroxyl groups is 9. The SMILES string of the molecule is CCCCCCCC/C=C\CCCCCC(=O)OCC1OC(OC2C(OC(=O)CCCCCCCCC(C)CCCCCCCC)C(O)C(O)C(OC3OC(CO)C(O)C(O)C3O)C2OP(=O)(O)OCC(COC(=O)CCCCCCCCC(C)CCCCCCCC)OC(=O)CCCCCCCCCCCCCCCCCC)C(O)C(O)C1O. The molecular formula is C94H175O25P. The first-order chi connectivity index (χ1) is 58.0. The molecule has 3 fully saturated rings. The molecular weight excluding hydrogens is 1560 g/mol. The molecule has 0 aromatic carbocycles. The summed E-state index contributed by atoms with van der Waals surface area (Å²) >= 11 is 0. The van der Waals surface area contributed by atoms with E-state index in [1.54, 1.807) is 0 Å². The Morgan fingerprint density at radius 1 is 0.350 bits per heavy atom. The van der Waals surface area contributed by atoms with Gasteiger partial charge in [-0.15, -0.1) is 0 Å². The summed E-state index contributed by atoms with van der Waals surface area (Å²) in [7, 11) is -5.81. The van der Waals surface area contributed by atoms with Crippen LogP contribution in [-0.4, -0.2) is 205 Å². The summed E-state index contributed by atoms with van der Waals surface area (Å²) in [4.78, 5) is 66.7. The van der Waals surface area contributed by atoms with E-state index in [4.69, 9.17) is 46.9 Å². The van der Waals surface area contributed by atoms with Gasteiger partial charge in [0.2, 0.25) is 0 Å². The first kappa shape index (κ1) is 111. The highest BCUT2D eigenvalue weighted by molar-refractivity contribution is 7.47. The second kappa shape index (κ2) is 71.2. The molecule has 20 atom stereocenters. The molecule has 0 amide bonds. The van der Waals surface area contributed by atoms with E-state index < -0.39 is 162 Å². The average molecular weight is 1740 g/mol. The number of rotatable bonds is 78. The van der Waals surface area contributed by atoms with Crippen LogP contribution in [0.3, 0.4) is 0 Å². The van der Waals surface area contributed by atoms with Crippen molar-refractivity contribution in [1.82, 2.24) is 0 Å². The van der Waals surface area contributed by atoms with Crippen LogP contribution in [0, 0.1) is 11.8 Å². The van der Waals surface area contributed by atoms with Crippen molar-refractivity contribution in [3.8, 4) is 0 Å². The van der Waals surface area contributed by atoms with Crippen LogP contribution in [0.5, 0.6) is 0 Å². The topological polar surface area (TPSA) is 380 Å². The van der Waals surface area contributed by atoms with Crippen molar-refractivity contribution in [2.75, 3.05) is 26.4 Å². The Labute approximate surface area is 724 Å². The maximum absolute atomic E-state index is 14.9. The molecule has 2 heterocycles. The molecule has 1 saturated carbocycles. The Kier molecular flexibility index (Phi) is 66.1. The summed E-state index contributed by atoms with van der Waals surface area (Å²) in [5.41, 5.74) is 0. The van der Waals surface area contributed by atoms with Gasteiger partial charge in [-0.2, -0.15) is 0 Å². The largest absolute Gasteiger partial charge is 0.472 e. The van der Waals surface area contributed by atoms with Gasteiger partial charge in [-0.3, -0.25) is 28.2 Å². The summed E-state index contributed by atoms with van der Waals surface area (Å²) in [5, 5.41) is 102. The van der Waals surface area contributed by atoms with Crippen molar-refractivity contribution in [1.29, 1.82) is 0 Å². The highest BCUT2D eigenvalue weighted by atomic mass is 31.2. The van der Waals surface area contributed by atoms with Crippen LogP contribution >= 0.6 is 7.82 Å². The molecule has 706 valence electrons. The van der Waals surface area contributed by atoms with Crippen LogP contribution in [-0.2, 0) is 70.7 Å². The van der Waals surface area contributed by atoms with Crippen molar-refractivity contribution in [2.24, 2.45) is 11.8 Å². The molecule has 20 unspecified atom stereocenters. The van der Waals surface area contributed by atoms with Crippen LogP contribution in [0.4, 0.5) is 0 Å². The Bertz CT molecular complexity index is 2570. The maximum atomic E-state index is 14.9. The van der Waals surface area contributed by atoms with Crippen LogP contribution in [0.2, 0.25) is 0 Å². The highest BCUT2D eigenvalue weighted by Crippen LogP contribution is 2.49. The van der Waals surface area contributed by atoms with E-state index in [2.05, 4.69) is 53.7 Å². The predicted molar refractivity (Wildman–Crippen MR) is 467 cm³/mol. The van der Waals surface area contributed by atoms with E-state index in [1.807, 2.05) is 0 Å². The van der Waals surface area contributed by atoms with E-state index in [9.17, 15) is 74.6 Å². The van der Waals surface area contributed by atoms with E-state index in [-0.39, 0.29) is 25.7 Å². The minimum absolute atomic E-state index is 0.00525. The number of phosphoric acid groups is 1. The number of aliphatic hydroxyl groups excluding tert-OH is 9. The number of hydrogen-bond donors (Lipinski definition) is 10. The van der Waals surface area contributed by atoms with Gasteiger partial charge in [0.25, 0.3) is 0 Å². The van der Waals surface area contributed by atoms with Gasteiger partial charge in [0.05, 0.1) is 13.2 Å². The van der Waals surface area contributed by atoms with Crippen molar-refractivity contribution >= 4 is 31.7 Å². The molecule has 2 aliphatic heterocycles. The van der Waals surface area contributed by atoms with Gasteiger partial charge in [-0.05, 0) is 63.2 Å². The third kappa shape index (κ3) is 51.3. The van der Waals surface area contributed by atoms with E-state index >= 15 is 0 Å². The number of hydrogen-bond acceptors (Lipinski definition) is 24. The van der Waals surface area contributed by atoms with E-state index in [1.165, 1.54) is 193 Å². The molecule has 26 heteroatoms. The lowest BCUT2D eigenvalue weighted by atomic mass is 9.84. The minimum Gasteiger partial charge on any atom is -0.463 e. The predicted octanol–water partition coefficient (Wildman–Crippen LogP) is 18.4. The van der Waals surface area contributed by atoms with Crippen LogP contribution in [0.15, 0.2) is 12.2 Å². The lowest BCUT2D eigenvalue weighted by Crippen LogP contribution is -2.70. The molecule has 25 nitrogen and oxygen atoms in total. The summed E-state index contributed by atoms with van der Waals surface area (Å²) in [6, 6.07) is 0. The minimum atomic E-state index is -5.81. The monoisotopic (exact) mass is 1740 g/mol. The van der Waals surface area contributed by atoms with Crippen LogP contribution in [0.25, 0.3) is 0 Å². The third-order valence-electron chi connectivity index (χ3n) is 24.3. The van der Waals surface area contributed by atoms with Crippen molar-refractivity contribution in [3.63, 3.8) is 0 Å². The number of carbonyl (C=O) groups excluding carboxylic acids is 4. The molecule has 10 N–H and O–H groups in total. The molecule has 3 aliphatic rings. The molecule has 3 rings (SSSR count). The first-order valence-corrected chi connectivity index (χ1v) is 50.2. The Morgan fingerprint density at radius 3 is 1.08 bits per heavy atom. The number of carbonyl (C=O) groups is 4. The highest BCUT2D eigenvalue weighted by Gasteiger charge is 2.60. The Balaban J connectivity index is 1.93. The van der Waals surface area contributed by atoms with Crippen molar-refractivity contribution < 1.29 is 122 Å². The van der Waals surface area contributed by atoms with E-state index in [0.717, 1.165) is 122 Å². The molecule has 0 spiro atoms. The van der Waals surface area contributed by atoms with Gasteiger partial charge in [0.1, 0.15) is 92.6 Å². The van der Waals surface area contributed by atoms with Gasteiger partial charge in [0.15, 0.2) is 24.8 Å². The van der Waals surface area contributed by atoms with Gasteiger partial charge in [0, 0.05) is 25.7 Å². The standard InChI is InChI=1S/C94H175O25P/c1-7-11-15-19-23-25-27-29-30-31-33-35-37-39-50-58-66-79(98)113-74(69-110-77(96)64-56-49-42-40-46-54-62-72(5)60-52-44-21-17-13-9-3)70-112-120(108,109)119-92-90(117-93-87(106)83(102)81(100)75(68-95)114-93)86(105)85(104)89(116-80(99)67-59-51-43-41-47-55-63-73(6)61-53-45-22-18-14-10-4)91(92)118-94-88(107)84(103)82(101)76(115-94)71-111-78(97)65-57-48-38-36-34-32-28-26-24-20-16-12-8-2/h32,34,72-76,81-95,100-107H,7-31,33,35-71H2,1-6H3,(H,108,109)/b34-32-. The zero-order valence-electron chi connectivity index (χ0n) is 75.7. The van der Waals surface area contributed by atoms with Crippen molar-refractivity contribution in [2.45, 2.75) is 525 Å². The van der Waals surface area contributed by atoms with Crippen LogP contribution in [0.1, 0.15) is 420 Å². The second-order valence-corrected chi connectivity index (χ2v) is 36.9. The second-order valence-electron chi connectivity index (χ2n) is 35.5. The molecule has 0 aromatic heterocycles. The third-order valence-corrected chi connectivity index (χ3v) is 25.3. The maximum Gasteiger partial charge on any atom is 0.472 e. The summed E-state index contributed by atoms with van der Waals surface area (Å²) in [6.45, 7) is 10.2. The van der Waals surface area contributed by atoms with Crippen molar-refractivity contribution in [3.05, 3.63) is 12.2 Å². The smallest absolute Gasteiger partial charge is 0.463 e. The van der Waals surface area contributed by atoms with Gasteiger partial charge in [-0.1, -0.05) is 355 Å². The summed E-state index contributed by atoms with van der Waals surface area (Å²) < 4.78 is 73.6. The average Bonchev–Trinajstić information content (AvgIpc) is 0.757. The molecule has 120 heavy (non-hydrogen) atoms. The molecule has 1 aliphatic carbocycles. The zero-order chi connectivity index (χ0) is 87.8. The summed E-state index contributed by atoms with van der Waals surface area (Å²) in [6.07, 6.45) is 27.8. The summed E-state index contributed by atoms with van der Waals surface area (Å²) in [5.74, 6) is -1.66. The zero-order valence-corrected chi connectivity index (χ0v) is 76.6. The quantitative estimate of drug-likeness (QED) is 0.00889. The number of phosphoric ester groups is 1.